The number of benzene rings is 1. The third-order valence-corrected chi connectivity index (χ3v) is 6.39. The first kappa shape index (κ1) is 21.5. The first-order valence-electron chi connectivity index (χ1n) is 9.52. The second kappa shape index (κ2) is 9.98. The van der Waals surface area contributed by atoms with Crippen molar-refractivity contribution >= 4 is 29.5 Å². The molecular formula is C22H24N2O3S2. The van der Waals surface area contributed by atoms with Crippen molar-refractivity contribution in [1.29, 1.82) is 0 Å². The number of ether oxygens (including phenoxy) is 1. The Morgan fingerprint density at radius 2 is 2.10 bits per heavy atom. The van der Waals surface area contributed by atoms with Crippen molar-refractivity contribution in [3.05, 3.63) is 69.9 Å². The van der Waals surface area contributed by atoms with Crippen LogP contribution in [0.4, 0.5) is 0 Å². The van der Waals surface area contributed by atoms with Gasteiger partial charge in [0.1, 0.15) is 10.3 Å². The second-order valence-corrected chi connectivity index (χ2v) is 8.74. The molecule has 0 bridgehead atoms. The number of carbonyl (C=O) groups is 1. The molecule has 5 nitrogen and oxygen atoms in total. The second-order valence-electron chi connectivity index (χ2n) is 6.54. The van der Waals surface area contributed by atoms with E-state index < -0.39 is 5.25 Å². The van der Waals surface area contributed by atoms with Gasteiger partial charge in [-0.05, 0) is 37.3 Å². The van der Waals surface area contributed by atoms with Crippen molar-refractivity contribution in [2.75, 3.05) is 7.11 Å². The van der Waals surface area contributed by atoms with E-state index in [1.807, 2.05) is 35.7 Å². The monoisotopic (exact) mass is 428 g/mol. The SMILES string of the molecule is CC/C=C\CC1C=CSc2nc(SC(C)C(=O)OC)n(-c3ccccc3)c(=O)c21. The molecule has 1 aliphatic rings. The number of fused-ring (bicyclic) bond motifs is 1. The molecule has 0 N–H and O–H groups in total. The zero-order valence-corrected chi connectivity index (χ0v) is 18.3. The highest BCUT2D eigenvalue weighted by Crippen LogP contribution is 2.36. The maximum atomic E-state index is 13.6. The normalized spacial score (nSPS) is 16.6. The molecule has 1 aromatic heterocycles. The van der Waals surface area contributed by atoms with Crippen LogP contribution in [0.3, 0.4) is 0 Å². The minimum absolute atomic E-state index is 0.0129. The molecule has 7 heteroatoms. The molecule has 152 valence electrons. The van der Waals surface area contributed by atoms with E-state index in [-0.39, 0.29) is 17.4 Å². The van der Waals surface area contributed by atoms with Crippen molar-refractivity contribution in [2.24, 2.45) is 0 Å². The molecule has 1 aliphatic heterocycles. The van der Waals surface area contributed by atoms with Gasteiger partial charge in [-0.15, -0.1) is 0 Å². The summed E-state index contributed by atoms with van der Waals surface area (Å²) in [6, 6.07) is 9.42. The van der Waals surface area contributed by atoms with Crippen LogP contribution in [0, 0.1) is 0 Å². The number of nitrogens with zero attached hydrogens (tertiary/aromatic N) is 2. The van der Waals surface area contributed by atoms with Crippen LogP contribution in [0.25, 0.3) is 5.69 Å². The molecule has 2 atom stereocenters. The third-order valence-electron chi connectivity index (χ3n) is 4.54. The molecule has 0 spiro atoms. The van der Waals surface area contributed by atoms with E-state index in [0.29, 0.717) is 15.7 Å². The lowest BCUT2D eigenvalue weighted by atomic mass is 9.97. The number of rotatable bonds is 7. The molecule has 3 rings (SSSR count). The highest BCUT2D eigenvalue weighted by Gasteiger charge is 2.27. The molecule has 0 fully saturated rings. The Morgan fingerprint density at radius 1 is 1.34 bits per heavy atom. The van der Waals surface area contributed by atoms with Crippen molar-refractivity contribution in [3.8, 4) is 5.69 Å². The van der Waals surface area contributed by atoms with Gasteiger partial charge in [0.05, 0.1) is 18.4 Å². The Balaban J connectivity index is 2.13. The van der Waals surface area contributed by atoms with Gasteiger partial charge in [-0.1, -0.05) is 66.9 Å². The van der Waals surface area contributed by atoms with Gasteiger partial charge < -0.3 is 4.74 Å². The van der Waals surface area contributed by atoms with Crippen molar-refractivity contribution < 1.29 is 9.53 Å². The lowest BCUT2D eigenvalue weighted by Gasteiger charge is -2.22. The highest BCUT2D eigenvalue weighted by molar-refractivity contribution is 8.02. The number of esters is 1. The Labute approximate surface area is 179 Å². The molecule has 0 aliphatic carbocycles. The Hall–Kier alpha value is -2.25. The minimum atomic E-state index is -0.479. The van der Waals surface area contributed by atoms with E-state index in [2.05, 4.69) is 25.2 Å². The standard InChI is InChI=1S/C22H24N2O3S2/c1-4-5-7-10-16-13-14-28-19-18(16)20(25)24(17-11-8-6-9-12-17)22(23-19)29-15(2)21(26)27-3/h5-9,11-16H,4,10H2,1-3H3/b7-5-. The summed E-state index contributed by atoms with van der Waals surface area (Å²) in [7, 11) is 1.36. The van der Waals surface area contributed by atoms with Crippen LogP contribution in [0.5, 0.6) is 0 Å². The van der Waals surface area contributed by atoms with Crippen LogP contribution in [-0.2, 0) is 9.53 Å². The number of methoxy groups -OCH3 is 1. The summed E-state index contributed by atoms with van der Waals surface area (Å²) < 4.78 is 6.46. The summed E-state index contributed by atoms with van der Waals surface area (Å²) in [5.74, 6) is -0.363. The van der Waals surface area contributed by atoms with Gasteiger partial charge in [-0.2, -0.15) is 0 Å². The topological polar surface area (TPSA) is 61.2 Å². The third kappa shape index (κ3) is 4.85. The van der Waals surface area contributed by atoms with E-state index in [4.69, 9.17) is 9.72 Å². The summed E-state index contributed by atoms with van der Waals surface area (Å²) in [5, 5.41) is 2.71. The van der Waals surface area contributed by atoms with E-state index in [1.54, 1.807) is 11.5 Å². The van der Waals surface area contributed by atoms with Gasteiger partial charge in [-0.3, -0.25) is 14.2 Å². The lowest BCUT2D eigenvalue weighted by molar-refractivity contribution is -0.139. The number of allylic oxidation sites excluding steroid dienone is 3. The highest BCUT2D eigenvalue weighted by atomic mass is 32.2. The number of carbonyl (C=O) groups excluding carboxylic acids is 1. The van der Waals surface area contributed by atoms with Crippen molar-refractivity contribution in [2.45, 2.75) is 48.0 Å². The minimum Gasteiger partial charge on any atom is -0.468 e. The number of thioether (sulfide) groups is 2. The van der Waals surface area contributed by atoms with Crippen LogP contribution < -0.4 is 5.56 Å². The van der Waals surface area contributed by atoms with Gasteiger partial charge in [0.2, 0.25) is 0 Å². The summed E-state index contributed by atoms with van der Waals surface area (Å²) in [5.41, 5.74) is 1.35. The fraction of sp³-hybridized carbons (Fsp3) is 0.318. The largest absolute Gasteiger partial charge is 0.468 e. The average molecular weight is 429 g/mol. The predicted octanol–water partition coefficient (Wildman–Crippen LogP) is 4.95. The maximum absolute atomic E-state index is 13.6. The van der Waals surface area contributed by atoms with Crippen LogP contribution in [0.2, 0.25) is 0 Å². The smallest absolute Gasteiger partial charge is 0.318 e. The molecule has 2 unspecified atom stereocenters. The molecule has 0 saturated heterocycles. The average Bonchev–Trinajstić information content (AvgIpc) is 2.74. The van der Waals surface area contributed by atoms with E-state index >= 15 is 0 Å². The van der Waals surface area contributed by atoms with Crippen LogP contribution in [0.15, 0.2) is 68.9 Å². The maximum Gasteiger partial charge on any atom is 0.318 e. The first-order valence-corrected chi connectivity index (χ1v) is 11.3. The number of para-hydroxylation sites is 1. The van der Waals surface area contributed by atoms with Gasteiger partial charge in [0.15, 0.2) is 5.16 Å². The van der Waals surface area contributed by atoms with Crippen molar-refractivity contribution in [1.82, 2.24) is 9.55 Å². The van der Waals surface area contributed by atoms with Gasteiger partial charge in [0, 0.05) is 5.92 Å². The Morgan fingerprint density at radius 3 is 2.79 bits per heavy atom. The molecule has 1 aromatic carbocycles. The van der Waals surface area contributed by atoms with Crippen LogP contribution in [0.1, 0.15) is 38.2 Å². The van der Waals surface area contributed by atoms with Crippen LogP contribution in [-0.4, -0.2) is 27.9 Å². The van der Waals surface area contributed by atoms with E-state index in [9.17, 15) is 9.59 Å². The van der Waals surface area contributed by atoms with E-state index in [0.717, 1.165) is 18.5 Å². The van der Waals surface area contributed by atoms with Gasteiger partial charge in [0.25, 0.3) is 5.56 Å². The first-order chi connectivity index (χ1) is 14.1. The molecule has 0 amide bonds. The Bertz CT molecular complexity index is 984. The molecular weight excluding hydrogens is 404 g/mol. The summed E-state index contributed by atoms with van der Waals surface area (Å²) in [6.45, 7) is 3.84. The lowest BCUT2D eigenvalue weighted by Crippen LogP contribution is -2.29. The van der Waals surface area contributed by atoms with Crippen molar-refractivity contribution in [3.63, 3.8) is 0 Å². The molecule has 2 aromatic rings. The van der Waals surface area contributed by atoms with Gasteiger partial charge >= 0.3 is 5.97 Å². The number of hydrogen-bond acceptors (Lipinski definition) is 6. The summed E-state index contributed by atoms with van der Waals surface area (Å²) in [6.07, 6.45) is 8.01. The molecule has 0 radical (unpaired) electrons. The summed E-state index contributed by atoms with van der Waals surface area (Å²) in [4.78, 5) is 30.4. The number of aromatic nitrogens is 2. The quantitative estimate of drug-likeness (QED) is 0.205. The molecule has 0 saturated carbocycles. The van der Waals surface area contributed by atoms with Crippen LogP contribution >= 0.6 is 23.5 Å². The Kier molecular flexibility index (Phi) is 7.39. The fourth-order valence-corrected chi connectivity index (χ4v) is 4.97. The van der Waals surface area contributed by atoms with Gasteiger partial charge in [-0.25, -0.2) is 4.98 Å². The zero-order valence-electron chi connectivity index (χ0n) is 16.7. The van der Waals surface area contributed by atoms with E-state index in [1.165, 1.54) is 30.6 Å². The molecule has 29 heavy (non-hydrogen) atoms. The zero-order chi connectivity index (χ0) is 20.8. The fourth-order valence-electron chi connectivity index (χ4n) is 3.06. The predicted molar refractivity (Wildman–Crippen MR) is 119 cm³/mol. The molecule has 2 heterocycles. The number of hydrogen-bond donors (Lipinski definition) is 0. The summed E-state index contributed by atoms with van der Waals surface area (Å²) >= 11 is 2.68.